The van der Waals surface area contributed by atoms with Crippen LogP contribution in [0, 0.1) is 18.6 Å². The Bertz CT molecular complexity index is 928. The van der Waals surface area contributed by atoms with Crippen LogP contribution in [0.1, 0.15) is 21.9 Å². The number of aromatic nitrogens is 2. The summed E-state index contributed by atoms with van der Waals surface area (Å²) < 4.78 is 25.9. The Kier molecular flexibility index (Phi) is 5.71. The third kappa shape index (κ3) is 5.31. The van der Waals surface area contributed by atoms with E-state index < -0.39 is 0 Å². The van der Waals surface area contributed by atoms with E-state index >= 15 is 0 Å². The Morgan fingerprint density at radius 1 is 0.963 bits per heavy atom. The Labute approximate surface area is 155 Å². The molecule has 138 valence electrons. The van der Waals surface area contributed by atoms with Crippen molar-refractivity contribution in [3.8, 4) is 0 Å². The summed E-state index contributed by atoms with van der Waals surface area (Å²) in [6, 6.07) is 13.5. The smallest absolute Gasteiger partial charge is 0.270 e. The summed E-state index contributed by atoms with van der Waals surface area (Å²) in [5.41, 5.74) is 1.80. The molecule has 2 aromatic carbocycles. The molecular formula is C20H18F2N4O. The lowest BCUT2D eigenvalue weighted by Gasteiger charge is -2.09. The third-order valence-corrected chi connectivity index (χ3v) is 3.80. The van der Waals surface area contributed by atoms with E-state index in [1.807, 2.05) is 0 Å². The van der Waals surface area contributed by atoms with Crippen LogP contribution in [0.3, 0.4) is 0 Å². The molecule has 0 saturated carbocycles. The second-order valence-electron chi connectivity index (χ2n) is 5.95. The van der Waals surface area contributed by atoms with Crippen LogP contribution in [0.4, 0.5) is 20.3 Å². The molecule has 0 aliphatic rings. The molecule has 0 fully saturated rings. The molecule has 3 rings (SSSR count). The van der Waals surface area contributed by atoms with E-state index in [1.54, 1.807) is 31.2 Å². The number of anilines is 2. The first kappa shape index (κ1) is 18.4. The lowest BCUT2D eigenvalue weighted by atomic mass is 10.1. The number of hydrogen-bond donors (Lipinski definition) is 2. The van der Waals surface area contributed by atoms with Crippen LogP contribution in [-0.4, -0.2) is 22.4 Å². The van der Waals surface area contributed by atoms with E-state index in [1.165, 1.54) is 30.3 Å². The standard InChI is InChI=1S/C20H18F2N4O/c1-13-24-18(12-19(25-13)26-17-8-6-16(22)7-9-17)20(27)23-11-10-14-2-4-15(21)5-3-14/h2-9,12H,10-11H2,1H3,(H,23,27)(H,24,25,26). The van der Waals surface area contributed by atoms with Gasteiger partial charge < -0.3 is 10.6 Å². The zero-order valence-electron chi connectivity index (χ0n) is 14.7. The van der Waals surface area contributed by atoms with Crippen molar-refractivity contribution < 1.29 is 13.6 Å². The van der Waals surface area contributed by atoms with Crippen molar-refractivity contribution in [2.75, 3.05) is 11.9 Å². The van der Waals surface area contributed by atoms with E-state index in [0.29, 0.717) is 30.3 Å². The molecule has 0 aliphatic heterocycles. The van der Waals surface area contributed by atoms with Crippen molar-refractivity contribution in [1.29, 1.82) is 0 Å². The summed E-state index contributed by atoms with van der Waals surface area (Å²) in [5, 5.41) is 5.81. The molecule has 27 heavy (non-hydrogen) atoms. The average Bonchev–Trinajstić information content (AvgIpc) is 2.65. The van der Waals surface area contributed by atoms with E-state index in [4.69, 9.17) is 0 Å². The molecule has 0 unspecified atom stereocenters. The van der Waals surface area contributed by atoms with Gasteiger partial charge in [-0.25, -0.2) is 18.7 Å². The fraction of sp³-hybridized carbons (Fsp3) is 0.150. The maximum absolute atomic E-state index is 13.0. The van der Waals surface area contributed by atoms with Crippen molar-refractivity contribution in [1.82, 2.24) is 15.3 Å². The number of nitrogens with zero attached hydrogens (tertiary/aromatic N) is 2. The third-order valence-electron chi connectivity index (χ3n) is 3.80. The van der Waals surface area contributed by atoms with Crippen LogP contribution >= 0.6 is 0 Å². The van der Waals surface area contributed by atoms with Crippen molar-refractivity contribution in [3.63, 3.8) is 0 Å². The van der Waals surface area contributed by atoms with Crippen LogP contribution in [0.15, 0.2) is 54.6 Å². The molecule has 0 saturated heterocycles. The van der Waals surface area contributed by atoms with Gasteiger partial charge in [-0.05, 0) is 55.3 Å². The molecular weight excluding hydrogens is 350 g/mol. The van der Waals surface area contributed by atoms with Gasteiger partial charge in [-0.3, -0.25) is 4.79 Å². The van der Waals surface area contributed by atoms with E-state index in [2.05, 4.69) is 20.6 Å². The van der Waals surface area contributed by atoms with Crippen LogP contribution in [0.2, 0.25) is 0 Å². The number of carbonyl (C=O) groups excluding carboxylic acids is 1. The second kappa shape index (κ2) is 8.35. The summed E-state index contributed by atoms with van der Waals surface area (Å²) in [4.78, 5) is 20.7. The SMILES string of the molecule is Cc1nc(Nc2ccc(F)cc2)cc(C(=O)NCCc2ccc(F)cc2)n1. The highest BCUT2D eigenvalue weighted by atomic mass is 19.1. The van der Waals surface area contributed by atoms with Crippen LogP contribution in [0.5, 0.6) is 0 Å². The van der Waals surface area contributed by atoms with Crippen molar-refractivity contribution in [3.05, 3.63) is 83.3 Å². The molecule has 0 spiro atoms. The molecule has 0 atom stereocenters. The van der Waals surface area contributed by atoms with Gasteiger partial charge in [-0.1, -0.05) is 12.1 Å². The first-order chi connectivity index (χ1) is 13.0. The van der Waals surface area contributed by atoms with Gasteiger partial charge in [0.2, 0.25) is 0 Å². The Balaban J connectivity index is 1.63. The van der Waals surface area contributed by atoms with E-state index in [-0.39, 0.29) is 23.2 Å². The number of amides is 1. The number of nitrogens with one attached hydrogen (secondary N) is 2. The van der Waals surface area contributed by atoms with E-state index in [9.17, 15) is 13.6 Å². The molecule has 1 aromatic heterocycles. The van der Waals surface area contributed by atoms with Crippen molar-refractivity contribution in [2.45, 2.75) is 13.3 Å². The minimum absolute atomic E-state index is 0.228. The zero-order valence-corrected chi connectivity index (χ0v) is 14.7. The van der Waals surface area contributed by atoms with Gasteiger partial charge in [0, 0.05) is 18.3 Å². The number of hydrogen-bond acceptors (Lipinski definition) is 4. The average molecular weight is 368 g/mol. The summed E-state index contributed by atoms with van der Waals surface area (Å²) >= 11 is 0. The molecule has 0 radical (unpaired) electrons. The van der Waals surface area contributed by atoms with Gasteiger partial charge in [0.1, 0.15) is 29.0 Å². The first-order valence-electron chi connectivity index (χ1n) is 8.40. The van der Waals surface area contributed by atoms with Gasteiger partial charge in [-0.2, -0.15) is 0 Å². The van der Waals surface area contributed by atoms with Gasteiger partial charge >= 0.3 is 0 Å². The Hall–Kier alpha value is -3.35. The van der Waals surface area contributed by atoms with Gasteiger partial charge in [0.05, 0.1) is 0 Å². The maximum atomic E-state index is 13.0. The number of halogens is 2. The summed E-state index contributed by atoms with van der Waals surface area (Å²) in [5.74, 6) is -0.0746. The van der Waals surface area contributed by atoms with Crippen LogP contribution < -0.4 is 10.6 Å². The number of rotatable bonds is 6. The van der Waals surface area contributed by atoms with E-state index in [0.717, 1.165) is 5.56 Å². The van der Waals surface area contributed by atoms with Crippen LogP contribution in [0.25, 0.3) is 0 Å². The lowest BCUT2D eigenvalue weighted by Crippen LogP contribution is -2.27. The molecule has 0 aliphatic carbocycles. The minimum Gasteiger partial charge on any atom is -0.350 e. The summed E-state index contributed by atoms with van der Waals surface area (Å²) in [6.45, 7) is 2.08. The maximum Gasteiger partial charge on any atom is 0.270 e. The van der Waals surface area contributed by atoms with Crippen molar-refractivity contribution >= 4 is 17.4 Å². The fourth-order valence-electron chi connectivity index (χ4n) is 2.49. The molecule has 0 bridgehead atoms. The summed E-state index contributed by atoms with van der Waals surface area (Å²) in [7, 11) is 0. The van der Waals surface area contributed by atoms with Gasteiger partial charge in [0.15, 0.2) is 0 Å². The molecule has 2 N–H and O–H groups in total. The van der Waals surface area contributed by atoms with Crippen LogP contribution in [-0.2, 0) is 6.42 Å². The normalized spacial score (nSPS) is 10.5. The molecule has 1 heterocycles. The number of aryl methyl sites for hydroxylation is 1. The molecule has 7 heteroatoms. The highest BCUT2D eigenvalue weighted by Gasteiger charge is 2.10. The molecule has 1 amide bonds. The Morgan fingerprint density at radius 3 is 2.26 bits per heavy atom. The molecule has 5 nitrogen and oxygen atoms in total. The van der Waals surface area contributed by atoms with Crippen molar-refractivity contribution in [2.24, 2.45) is 0 Å². The second-order valence-corrected chi connectivity index (χ2v) is 5.95. The largest absolute Gasteiger partial charge is 0.350 e. The highest BCUT2D eigenvalue weighted by Crippen LogP contribution is 2.16. The zero-order chi connectivity index (χ0) is 19.2. The fourth-order valence-corrected chi connectivity index (χ4v) is 2.49. The summed E-state index contributed by atoms with van der Waals surface area (Å²) in [6.07, 6.45) is 0.580. The number of benzene rings is 2. The lowest BCUT2D eigenvalue weighted by molar-refractivity contribution is 0.0949. The van der Waals surface area contributed by atoms with Gasteiger partial charge in [0.25, 0.3) is 5.91 Å². The quantitative estimate of drug-likeness (QED) is 0.695. The minimum atomic E-state index is -0.333. The Morgan fingerprint density at radius 2 is 1.59 bits per heavy atom. The predicted octanol–water partition coefficient (Wildman–Crippen LogP) is 3.78. The monoisotopic (exact) mass is 368 g/mol. The number of carbonyl (C=O) groups is 1. The highest BCUT2D eigenvalue weighted by molar-refractivity contribution is 5.93. The molecule has 3 aromatic rings. The van der Waals surface area contributed by atoms with Gasteiger partial charge in [-0.15, -0.1) is 0 Å². The first-order valence-corrected chi connectivity index (χ1v) is 8.40. The predicted molar refractivity (Wildman–Crippen MR) is 98.9 cm³/mol. The topological polar surface area (TPSA) is 66.9 Å².